The molecule has 0 radical (unpaired) electrons. The van der Waals surface area contributed by atoms with Crippen molar-refractivity contribution in [2.45, 2.75) is 63.9 Å². The maximum atomic E-state index is 11.9. The van der Waals surface area contributed by atoms with Crippen LogP contribution in [0, 0.1) is 40.9 Å². The third-order valence-corrected chi connectivity index (χ3v) is 9.16. The number of carbonyl (C=O) groups excluding carboxylic acids is 1. The van der Waals surface area contributed by atoms with Gasteiger partial charge in [0.15, 0.2) is 5.78 Å². The number of aliphatic hydroxyl groups is 1. The highest BCUT2D eigenvalue weighted by molar-refractivity contribution is 5.91. The first-order valence-corrected chi connectivity index (χ1v) is 10.8. The maximum Gasteiger partial charge on any atom is 0.328 e. The van der Waals surface area contributed by atoms with Crippen LogP contribution in [0.5, 0.6) is 0 Å². The van der Waals surface area contributed by atoms with Gasteiger partial charge >= 0.3 is 5.97 Å². The molecule has 4 fully saturated rings. The minimum atomic E-state index is -0.969. The number of fused-ring (bicyclic) bond motifs is 7. The molecule has 4 nitrogen and oxygen atoms in total. The van der Waals surface area contributed by atoms with E-state index in [0.29, 0.717) is 41.8 Å². The molecule has 0 aliphatic heterocycles. The van der Waals surface area contributed by atoms with Crippen molar-refractivity contribution in [1.82, 2.24) is 0 Å². The standard InChI is InChI=1S/C23H30O4/c1-2-22-9-7-16-15-6-4-14(24)11-13(15)3-5-17(16)21(22)18-12-19(18)23(22,27)10-8-20(25)26/h8,10-11,15-19,21,27H,2-7,9,12H2,1H3,(H,25,26)/b10-8-/t15-,16+,17+,18-,19+,21+,22-,23-/m0/s1. The number of aliphatic carboxylic acids is 1. The molecule has 2 N–H and O–H groups in total. The van der Waals surface area contributed by atoms with E-state index in [1.165, 1.54) is 11.6 Å². The van der Waals surface area contributed by atoms with E-state index >= 15 is 0 Å². The Balaban J connectivity index is 1.51. The van der Waals surface area contributed by atoms with Crippen LogP contribution in [0.25, 0.3) is 0 Å². The zero-order chi connectivity index (χ0) is 19.0. The van der Waals surface area contributed by atoms with E-state index in [4.69, 9.17) is 5.11 Å². The van der Waals surface area contributed by atoms with Crippen LogP contribution in [-0.2, 0) is 9.59 Å². The second kappa shape index (κ2) is 5.79. The van der Waals surface area contributed by atoms with Gasteiger partial charge in [0, 0.05) is 17.9 Å². The summed E-state index contributed by atoms with van der Waals surface area (Å²) in [6.07, 6.45) is 12.7. The molecule has 0 spiro atoms. The van der Waals surface area contributed by atoms with Crippen LogP contribution in [0.2, 0.25) is 0 Å². The molecule has 5 rings (SSSR count). The van der Waals surface area contributed by atoms with Crippen molar-refractivity contribution in [2.24, 2.45) is 40.9 Å². The van der Waals surface area contributed by atoms with Gasteiger partial charge in [-0.3, -0.25) is 4.79 Å². The lowest BCUT2D eigenvalue weighted by molar-refractivity contribution is -0.134. The third-order valence-electron chi connectivity index (χ3n) is 9.16. The Morgan fingerprint density at radius 1 is 1.22 bits per heavy atom. The molecule has 4 saturated carbocycles. The zero-order valence-corrected chi connectivity index (χ0v) is 16.1. The minimum absolute atomic E-state index is 0.167. The number of carboxylic acids is 1. The summed E-state index contributed by atoms with van der Waals surface area (Å²) in [4.78, 5) is 23.0. The number of carboxylic acid groups (broad SMARTS) is 1. The maximum absolute atomic E-state index is 11.9. The van der Waals surface area contributed by atoms with Gasteiger partial charge < -0.3 is 10.2 Å². The largest absolute Gasteiger partial charge is 0.478 e. The highest BCUT2D eigenvalue weighted by atomic mass is 16.4. The summed E-state index contributed by atoms with van der Waals surface area (Å²) in [6, 6.07) is 0. The van der Waals surface area contributed by atoms with Gasteiger partial charge in [0.2, 0.25) is 0 Å². The highest BCUT2D eigenvalue weighted by Crippen LogP contribution is 2.77. The van der Waals surface area contributed by atoms with E-state index in [-0.39, 0.29) is 11.3 Å². The third kappa shape index (κ3) is 2.25. The van der Waals surface area contributed by atoms with E-state index in [2.05, 4.69) is 6.92 Å². The lowest BCUT2D eigenvalue weighted by Crippen LogP contribution is -2.55. The van der Waals surface area contributed by atoms with Crippen LogP contribution >= 0.6 is 0 Å². The van der Waals surface area contributed by atoms with Crippen LogP contribution in [0.1, 0.15) is 58.3 Å². The van der Waals surface area contributed by atoms with Gasteiger partial charge in [-0.1, -0.05) is 12.5 Å². The molecule has 0 aromatic carbocycles. The number of hydrogen-bond acceptors (Lipinski definition) is 3. The van der Waals surface area contributed by atoms with Crippen LogP contribution in [0.15, 0.2) is 23.8 Å². The quantitative estimate of drug-likeness (QED) is 0.742. The summed E-state index contributed by atoms with van der Waals surface area (Å²) in [5.41, 5.74) is 0.265. The predicted molar refractivity (Wildman–Crippen MR) is 101 cm³/mol. The Morgan fingerprint density at radius 2 is 2.04 bits per heavy atom. The Morgan fingerprint density at radius 3 is 2.78 bits per heavy atom. The molecule has 0 aromatic heterocycles. The van der Waals surface area contributed by atoms with Crippen molar-refractivity contribution in [3.8, 4) is 0 Å². The smallest absolute Gasteiger partial charge is 0.328 e. The Labute approximate surface area is 160 Å². The zero-order valence-electron chi connectivity index (χ0n) is 16.1. The van der Waals surface area contributed by atoms with E-state index in [1.807, 2.05) is 6.08 Å². The molecule has 5 aliphatic rings. The molecule has 0 bridgehead atoms. The van der Waals surface area contributed by atoms with Crippen molar-refractivity contribution in [2.75, 3.05) is 0 Å². The fourth-order valence-electron chi connectivity index (χ4n) is 8.19. The lowest BCUT2D eigenvalue weighted by Gasteiger charge is -2.58. The molecular weight excluding hydrogens is 340 g/mol. The first-order chi connectivity index (χ1) is 12.9. The molecule has 146 valence electrons. The minimum Gasteiger partial charge on any atom is -0.478 e. The summed E-state index contributed by atoms with van der Waals surface area (Å²) in [7, 11) is 0. The molecule has 0 saturated heterocycles. The van der Waals surface area contributed by atoms with Crippen molar-refractivity contribution >= 4 is 11.8 Å². The fraction of sp³-hybridized carbons (Fsp3) is 0.739. The molecular formula is C23H30O4. The number of rotatable bonds is 3. The van der Waals surface area contributed by atoms with E-state index < -0.39 is 11.6 Å². The highest BCUT2D eigenvalue weighted by Gasteiger charge is 2.75. The van der Waals surface area contributed by atoms with E-state index in [0.717, 1.165) is 44.9 Å². The second-order valence-electron chi connectivity index (χ2n) is 9.77. The van der Waals surface area contributed by atoms with E-state index in [1.54, 1.807) is 6.08 Å². The van der Waals surface area contributed by atoms with Crippen molar-refractivity contribution in [1.29, 1.82) is 0 Å². The molecule has 4 heteroatoms. The molecule has 0 unspecified atom stereocenters. The van der Waals surface area contributed by atoms with Crippen LogP contribution < -0.4 is 0 Å². The monoisotopic (exact) mass is 370 g/mol. The van der Waals surface area contributed by atoms with Gasteiger partial charge in [0.1, 0.15) is 0 Å². The summed E-state index contributed by atoms with van der Waals surface area (Å²) in [5, 5.41) is 20.9. The summed E-state index contributed by atoms with van der Waals surface area (Å²) >= 11 is 0. The molecule has 27 heavy (non-hydrogen) atoms. The van der Waals surface area contributed by atoms with Gasteiger partial charge in [-0.25, -0.2) is 4.79 Å². The van der Waals surface area contributed by atoms with Crippen molar-refractivity contribution in [3.05, 3.63) is 23.8 Å². The Hall–Kier alpha value is -1.42. The molecule has 0 amide bonds. The van der Waals surface area contributed by atoms with Gasteiger partial charge in [-0.15, -0.1) is 0 Å². The Bertz CT molecular complexity index is 751. The molecule has 8 atom stereocenters. The summed E-state index contributed by atoms with van der Waals surface area (Å²) < 4.78 is 0. The Kier molecular flexibility index (Phi) is 3.79. The second-order valence-corrected chi connectivity index (χ2v) is 9.77. The first kappa shape index (κ1) is 17.7. The van der Waals surface area contributed by atoms with Gasteiger partial charge in [0.05, 0.1) is 5.60 Å². The van der Waals surface area contributed by atoms with Crippen LogP contribution in [-0.4, -0.2) is 27.6 Å². The SMILES string of the molecule is CC[C@]12CC[C@H]3[C@@H](CCC4=CC(=O)CC[C@@H]43)[C@@H]1[C@H]1C[C@H]1[C@@]2(O)/C=C\C(=O)O. The normalized spacial score (nSPS) is 50.4. The van der Waals surface area contributed by atoms with Gasteiger partial charge in [0.25, 0.3) is 0 Å². The predicted octanol–water partition coefficient (Wildman–Crippen LogP) is 3.75. The number of allylic oxidation sites excluding steroid dienone is 1. The topological polar surface area (TPSA) is 74.6 Å². The summed E-state index contributed by atoms with van der Waals surface area (Å²) in [5.74, 6) is 2.47. The van der Waals surface area contributed by atoms with Crippen molar-refractivity contribution in [3.63, 3.8) is 0 Å². The number of carbonyl (C=O) groups is 2. The van der Waals surface area contributed by atoms with Crippen molar-refractivity contribution < 1.29 is 19.8 Å². The van der Waals surface area contributed by atoms with Gasteiger partial charge in [-0.2, -0.15) is 0 Å². The number of ketones is 1. The fourth-order valence-corrected chi connectivity index (χ4v) is 8.19. The average molecular weight is 370 g/mol. The molecule has 5 aliphatic carbocycles. The summed E-state index contributed by atoms with van der Waals surface area (Å²) in [6.45, 7) is 2.19. The van der Waals surface area contributed by atoms with Crippen LogP contribution in [0.4, 0.5) is 0 Å². The first-order valence-electron chi connectivity index (χ1n) is 10.8. The molecule has 0 aromatic rings. The lowest BCUT2D eigenvalue weighted by atomic mass is 9.48. The average Bonchev–Trinajstić information content (AvgIpc) is 3.41. The van der Waals surface area contributed by atoms with Crippen LogP contribution in [0.3, 0.4) is 0 Å². The number of hydrogen-bond donors (Lipinski definition) is 2. The van der Waals surface area contributed by atoms with E-state index in [9.17, 15) is 14.7 Å². The van der Waals surface area contributed by atoms with Gasteiger partial charge in [-0.05, 0) is 92.6 Å². The molecule has 0 heterocycles.